The maximum atomic E-state index is 11.6. The van der Waals surface area contributed by atoms with Gasteiger partial charge >= 0.3 is 5.97 Å². The summed E-state index contributed by atoms with van der Waals surface area (Å²) in [6.07, 6.45) is 0. The summed E-state index contributed by atoms with van der Waals surface area (Å²) >= 11 is 0. The highest BCUT2D eigenvalue weighted by Crippen LogP contribution is 2.26. The van der Waals surface area contributed by atoms with E-state index >= 15 is 0 Å². The molecule has 0 radical (unpaired) electrons. The molecular formula is C11H13NO4. The zero-order chi connectivity index (χ0) is 12.3. The molecule has 0 aliphatic rings. The van der Waals surface area contributed by atoms with E-state index in [1.54, 1.807) is 32.9 Å². The van der Waals surface area contributed by atoms with Crippen LogP contribution in [0.1, 0.15) is 28.4 Å². The maximum Gasteiger partial charge on any atom is 0.345 e. The summed E-state index contributed by atoms with van der Waals surface area (Å²) in [6.45, 7) is 5.11. The molecular weight excluding hydrogens is 210 g/mol. The minimum absolute atomic E-state index is 0.0480. The molecule has 0 heterocycles. The van der Waals surface area contributed by atoms with Gasteiger partial charge in [-0.3, -0.25) is 10.1 Å². The van der Waals surface area contributed by atoms with Gasteiger partial charge in [-0.15, -0.1) is 0 Å². The smallest absolute Gasteiger partial charge is 0.345 e. The van der Waals surface area contributed by atoms with Crippen LogP contribution in [0.25, 0.3) is 0 Å². The molecule has 0 aliphatic heterocycles. The molecule has 0 unspecified atom stereocenters. The van der Waals surface area contributed by atoms with E-state index in [0.29, 0.717) is 11.1 Å². The van der Waals surface area contributed by atoms with E-state index in [1.165, 1.54) is 0 Å². The standard InChI is InChI=1S/C11H13NO4/c1-4-16-11(13)9-7(2)5-6-8(3)10(9)12(14)15/h5-6H,4H2,1-3H3. The molecule has 1 aromatic carbocycles. The van der Waals surface area contributed by atoms with Crippen molar-refractivity contribution in [1.29, 1.82) is 0 Å². The number of carbonyl (C=O) groups excluding carboxylic acids is 1. The van der Waals surface area contributed by atoms with Crippen LogP contribution in [-0.4, -0.2) is 17.5 Å². The lowest BCUT2D eigenvalue weighted by molar-refractivity contribution is -0.385. The van der Waals surface area contributed by atoms with Crippen LogP contribution in [0.2, 0.25) is 0 Å². The predicted octanol–water partition coefficient (Wildman–Crippen LogP) is 2.39. The molecule has 0 saturated heterocycles. The zero-order valence-corrected chi connectivity index (χ0v) is 9.44. The SMILES string of the molecule is CCOC(=O)c1c(C)ccc(C)c1[N+](=O)[O-]. The summed E-state index contributed by atoms with van der Waals surface area (Å²) < 4.78 is 4.81. The Morgan fingerprint density at radius 1 is 1.38 bits per heavy atom. The highest BCUT2D eigenvalue weighted by Gasteiger charge is 2.25. The van der Waals surface area contributed by atoms with Crippen molar-refractivity contribution in [3.05, 3.63) is 38.9 Å². The molecule has 5 heteroatoms. The van der Waals surface area contributed by atoms with Gasteiger partial charge < -0.3 is 4.74 Å². The minimum Gasteiger partial charge on any atom is -0.462 e. The summed E-state index contributed by atoms with van der Waals surface area (Å²) in [5.41, 5.74) is 0.889. The van der Waals surface area contributed by atoms with Crippen LogP contribution in [-0.2, 0) is 4.74 Å². The molecule has 1 aromatic rings. The number of aryl methyl sites for hydroxylation is 2. The fourth-order valence-electron chi connectivity index (χ4n) is 1.49. The van der Waals surface area contributed by atoms with Gasteiger partial charge in [0.1, 0.15) is 5.56 Å². The normalized spacial score (nSPS) is 9.94. The van der Waals surface area contributed by atoms with Crippen molar-refractivity contribution in [2.24, 2.45) is 0 Å². The fraction of sp³-hybridized carbons (Fsp3) is 0.364. The Morgan fingerprint density at radius 2 is 1.94 bits per heavy atom. The fourth-order valence-corrected chi connectivity index (χ4v) is 1.49. The largest absolute Gasteiger partial charge is 0.462 e. The second kappa shape index (κ2) is 4.74. The van der Waals surface area contributed by atoms with Crippen LogP contribution in [0.5, 0.6) is 0 Å². The summed E-state index contributed by atoms with van der Waals surface area (Å²) in [5.74, 6) is -0.643. The van der Waals surface area contributed by atoms with Gasteiger partial charge in [0.05, 0.1) is 11.5 Å². The quantitative estimate of drug-likeness (QED) is 0.448. The monoisotopic (exact) mass is 223 g/mol. The van der Waals surface area contributed by atoms with Crippen LogP contribution in [0.15, 0.2) is 12.1 Å². The highest BCUT2D eigenvalue weighted by atomic mass is 16.6. The van der Waals surface area contributed by atoms with Gasteiger partial charge in [-0.25, -0.2) is 4.79 Å². The van der Waals surface area contributed by atoms with Crippen molar-refractivity contribution in [2.75, 3.05) is 6.61 Å². The lowest BCUT2D eigenvalue weighted by Crippen LogP contribution is -2.11. The number of hydrogen-bond acceptors (Lipinski definition) is 4. The van der Waals surface area contributed by atoms with Crippen LogP contribution in [0, 0.1) is 24.0 Å². The van der Waals surface area contributed by atoms with Crippen LogP contribution in [0.3, 0.4) is 0 Å². The number of nitrogens with zero attached hydrogens (tertiary/aromatic N) is 1. The average Bonchev–Trinajstić information content (AvgIpc) is 2.20. The predicted molar refractivity (Wildman–Crippen MR) is 58.5 cm³/mol. The van der Waals surface area contributed by atoms with Crippen molar-refractivity contribution in [3.63, 3.8) is 0 Å². The first-order valence-electron chi connectivity index (χ1n) is 4.90. The molecule has 86 valence electrons. The Bertz CT molecular complexity index is 440. The summed E-state index contributed by atoms with van der Waals surface area (Å²) in [5, 5.41) is 10.9. The molecule has 0 atom stereocenters. The lowest BCUT2D eigenvalue weighted by Gasteiger charge is -2.07. The number of esters is 1. The third kappa shape index (κ3) is 2.18. The number of hydrogen-bond donors (Lipinski definition) is 0. The average molecular weight is 223 g/mol. The highest BCUT2D eigenvalue weighted by molar-refractivity contribution is 5.96. The van der Waals surface area contributed by atoms with E-state index < -0.39 is 10.9 Å². The molecule has 16 heavy (non-hydrogen) atoms. The van der Waals surface area contributed by atoms with Gasteiger partial charge in [0.25, 0.3) is 5.69 Å². The minimum atomic E-state index is -0.643. The first-order valence-corrected chi connectivity index (χ1v) is 4.90. The van der Waals surface area contributed by atoms with Crippen LogP contribution in [0.4, 0.5) is 5.69 Å². The third-order valence-corrected chi connectivity index (χ3v) is 2.25. The molecule has 0 aliphatic carbocycles. The van der Waals surface area contributed by atoms with Gasteiger partial charge in [0.2, 0.25) is 0 Å². The molecule has 0 saturated carbocycles. The Kier molecular flexibility index (Phi) is 3.60. The molecule has 0 aromatic heterocycles. The molecule has 1 rings (SSSR count). The zero-order valence-electron chi connectivity index (χ0n) is 9.44. The maximum absolute atomic E-state index is 11.6. The third-order valence-electron chi connectivity index (χ3n) is 2.25. The van der Waals surface area contributed by atoms with E-state index in [0.717, 1.165) is 0 Å². The number of benzene rings is 1. The number of rotatable bonds is 3. The molecule has 0 bridgehead atoms. The Labute approximate surface area is 93.2 Å². The molecule has 0 amide bonds. The first-order chi connectivity index (χ1) is 7.49. The molecule has 0 spiro atoms. The lowest BCUT2D eigenvalue weighted by atomic mass is 10.0. The molecule has 0 fully saturated rings. The van der Waals surface area contributed by atoms with Gasteiger partial charge in [-0.05, 0) is 26.3 Å². The Hall–Kier alpha value is -1.91. The van der Waals surface area contributed by atoms with E-state index in [9.17, 15) is 14.9 Å². The first kappa shape index (κ1) is 12.2. The van der Waals surface area contributed by atoms with Crippen molar-refractivity contribution >= 4 is 11.7 Å². The molecule has 0 N–H and O–H groups in total. The van der Waals surface area contributed by atoms with Gasteiger partial charge in [-0.2, -0.15) is 0 Å². The number of carbonyl (C=O) groups is 1. The van der Waals surface area contributed by atoms with Crippen molar-refractivity contribution in [2.45, 2.75) is 20.8 Å². The van der Waals surface area contributed by atoms with E-state index in [1.807, 2.05) is 0 Å². The number of nitro groups is 1. The summed E-state index contributed by atoms with van der Waals surface area (Å²) in [6, 6.07) is 3.30. The van der Waals surface area contributed by atoms with Gasteiger partial charge in [-0.1, -0.05) is 12.1 Å². The van der Waals surface area contributed by atoms with Crippen molar-refractivity contribution < 1.29 is 14.5 Å². The van der Waals surface area contributed by atoms with Crippen molar-refractivity contribution in [3.8, 4) is 0 Å². The Balaban J connectivity index is 3.40. The second-order valence-corrected chi connectivity index (χ2v) is 3.40. The van der Waals surface area contributed by atoms with E-state index in [2.05, 4.69) is 0 Å². The topological polar surface area (TPSA) is 69.4 Å². The summed E-state index contributed by atoms with van der Waals surface area (Å²) in [4.78, 5) is 22.0. The Morgan fingerprint density at radius 3 is 2.44 bits per heavy atom. The second-order valence-electron chi connectivity index (χ2n) is 3.40. The number of ether oxygens (including phenoxy) is 1. The van der Waals surface area contributed by atoms with Crippen LogP contribution < -0.4 is 0 Å². The van der Waals surface area contributed by atoms with E-state index in [4.69, 9.17) is 4.74 Å². The van der Waals surface area contributed by atoms with Crippen LogP contribution >= 0.6 is 0 Å². The van der Waals surface area contributed by atoms with Gasteiger partial charge in [0.15, 0.2) is 0 Å². The number of nitro benzene ring substituents is 1. The molecule has 5 nitrogen and oxygen atoms in total. The van der Waals surface area contributed by atoms with Crippen molar-refractivity contribution in [1.82, 2.24) is 0 Å². The summed E-state index contributed by atoms with van der Waals surface area (Å²) in [7, 11) is 0. The van der Waals surface area contributed by atoms with Gasteiger partial charge in [0, 0.05) is 5.56 Å². The van der Waals surface area contributed by atoms with E-state index in [-0.39, 0.29) is 17.9 Å².